The topological polar surface area (TPSA) is 70.8 Å². The first-order chi connectivity index (χ1) is 13.3. The van der Waals surface area contributed by atoms with Crippen molar-refractivity contribution in [2.24, 2.45) is 5.73 Å². The Morgan fingerprint density at radius 3 is 2.14 bits per heavy atom. The van der Waals surface area contributed by atoms with Crippen molar-refractivity contribution in [3.63, 3.8) is 0 Å². The number of carbonyl (C=O) groups is 1. The second-order valence-corrected chi connectivity index (χ2v) is 7.62. The summed E-state index contributed by atoms with van der Waals surface area (Å²) in [6.45, 7) is 9.51. The van der Waals surface area contributed by atoms with Crippen molar-refractivity contribution in [1.29, 1.82) is 0 Å². The van der Waals surface area contributed by atoms with Crippen molar-refractivity contribution in [1.82, 2.24) is 0 Å². The average Bonchev–Trinajstić information content (AvgIpc) is 2.67. The second kappa shape index (κ2) is 10.1. The summed E-state index contributed by atoms with van der Waals surface area (Å²) in [6, 6.07) is 15.4. The molecule has 0 spiro atoms. The smallest absolute Gasteiger partial charge is 0.347 e. The number of benzene rings is 2. The summed E-state index contributed by atoms with van der Waals surface area (Å²) >= 11 is 0. The highest BCUT2D eigenvalue weighted by atomic mass is 16.6. The highest BCUT2D eigenvalue weighted by Gasteiger charge is 2.23. The fourth-order valence-corrected chi connectivity index (χ4v) is 2.72. The summed E-state index contributed by atoms with van der Waals surface area (Å²) in [5.74, 6) is 1.03. The van der Waals surface area contributed by atoms with E-state index in [4.69, 9.17) is 19.9 Å². The number of hydrogen-bond donors (Lipinski definition) is 1. The molecule has 0 amide bonds. The van der Waals surface area contributed by atoms with Crippen molar-refractivity contribution in [3.05, 3.63) is 59.7 Å². The van der Waals surface area contributed by atoms with Crippen molar-refractivity contribution >= 4 is 5.97 Å². The van der Waals surface area contributed by atoms with Gasteiger partial charge < -0.3 is 19.9 Å². The summed E-state index contributed by atoms with van der Waals surface area (Å²) in [6.07, 6.45) is -0.298. The third-order valence-electron chi connectivity index (χ3n) is 4.28. The number of esters is 1. The van der Waals surface area contributed by atoms with Gasteiger partial charge in [0.15, 0.2) is 6.10 Å². The van der Waals surface area contributed by atoms with Gasteiger partial charge in [-0.1, -0.05) is 45.0 Å². The van der Waals surface area contributed by atoms with Crippen LogP contribution < -0.4 is 15.2 Å². The van der Waals surface area contributed by atoms with Gasteiger partial charge >= 0.3 is 5.97 Å². The van der Waals surface area contributed by atoms with Crippen LogP contribution in [0.1, 0.15) is 38.8 Å². The monoisotopic (exact) mass is 385 g/mol. The number of ether oxygens (including phenoxy) is 3. The van der Waals surface area contributed by atoms with E-state index < -0.39 is 6.10 Å². The van der Waals surface area contributed by atoms with Crippen LogP contribution in [-0.2, 0) is 21.4 Å². The van der Waals surface area contributed by atoms with E-state index in [1.807, 2.05) is 48.5 Å². The van der Waals surface area contributed by atoms with Crippen molar-refractivity contribution in [2.75, 3.05) is 19.8 Å². The maximum absolute atomic E-state index is 12.4. The molecule has 0 aliphatic heterocycles. The zero-order valence-corrected chi connectivity index (χ0v) is 17.2. The first-order valence-electron chi connectivity index (χ1n) is 9.69. The molecule has 28 heavy (non-hydrogen) atoms. The van der Waals surface area contributed by atoms with Gasteiger partial charge in [0, 0.05) is 13.0 Å². The molecule has 2 N–H and O–H groups in total. The fourth-order valence-electron chi connectivity index (χ4n) is 2.72. The molecule has 0 aromatic heterocycles. The molecule has 0 aliphatic carbocycles. The van der Waals surface area contributed by atoms with Gasteiger partial charge in [0.25, 0.3) is 0 Å². The molecule has 0 fully saturated rings. The fraction of sp³-hybridized carbons (Fsp3) is 0.435. The van der Waals surface area contributed by atoms with E-state index in [-0.39, 0.29) is 11.4 Å². The third-order valence-corrected chi connectivity index (χ3v) is 4.28. The molecule has 5 nitrogen and oxygen atoms in total. The lowest BCUT2D eigenvalue weighted by Gasteiger charge is -2.21. The normalized spacial score (nSPS) is 12.3. The minimum atomic E-state index is -0.712. The Labute approximate surface area is 167 Å². The maximum atomic E-state index is 12.4. The van der Waals surface area contributed by atoms with Crippen LogP contribution >= 0.6 is 0 Å². The Morgan fingerprint density at radius 1 is 1.00 bits per heavy atom. The Balaban J connectivity index is 2.10. The molecule has 0 unspecified atom stereocenters. The summed E-state index contributed by atoms with van der Waals surface area (Å²) < 4.78 is 16.7. The zero-order valence-electron chi connectivity index (χ0n) is 17.2. The SMILES string of the molecule is CCOC(=O)[C@@H](Cc1ccc(OCCN)cc1)Oc1ccc(C(C)(C)C)cc1. The summed E-state index contributed by atoms with van der Waals surface area (Å²) in [5.41, 5.74) is 7.68. The van der Waals surface area contributed by atoms with Gasteiger partial charge in [0.2, 0.25) is 0 Å². The van der Waals surface area contributed by atoms with E-state index in [9.17, 15) is 4.79 Å². The van der Waals surface area contributed by atoms with Gasteiger partial charge in [-0.25, -0.2) is 4.79 Å². The highest BCUT2D eigenvalue weighted by molar-refractivity contribution is 5.75. The molecular weight excluding hydrogens is 354 g/mol. The molecule has 0 saturated carbocycles. The molecule has 2 aromatic carbocycles. The van der Waals surface area contributed by atoms with Crippen LogP contribution in [0, 0.1) is 0 Å². The van der Waals surface area contributed by atoms with E-state index in [1.165, 1.54) is 5.56 Å². The molecule has 0 aliphatic rings. The summed E-state index contributed by atoms with van der Waals surface area (Å²) in [7, 11) is 0. The van der Waals surface area contributed by atoms with Crippen LogP contribution in [0.4, 0.5) is 0 Å². The van der Waals surface area contributed by atoms with Gasteiger partial charge in [0.1, 0.15) is 18.1 Å². The van der Waals surface area contributed by atoms with Crippen LogP contribution in [0.3, 0.4) is 0 Å². The summed E-state index contributed by atoms with van der Waals surface area (Å²) in [5, 5.41) is 0. The van der Waals surface area contributed by atoms with E-state index >= 15 is 0 Å². The predicted octanol–water partition coefficient (Wildman–Crippen LogP) is 3.87. The Kier molecular flexibility index (Phi) is 7.88. The van der Waals surface area contributed by atoms with Crippen LogP contribution in [0.25, 0.3) is 0 Å². The number of nitrogens with two attached hydrogens (primary N) is 1. The van der Waals surface area contributed by atoms with Crippen LogP contribution in [-0.4, -0.2) is 31.8 Å². The Hall–Kier alpha value is -2.53. The highest BCUT2D eigenvalue weighted by Crippen LogP contribution is 2.25. The van der Waals surface area contributed by atoms with Gasteiger partial charge in [-0.05, 0) is 47.7 Å². The lowest BCUT2D eigenvalue weighted by atomic mass is 9.87. The molecule has 5 heteroatoms. The predicted molar refractivity (Wildman–Crippen MR) is 111 cm³/mol. The van der Waals surface area contributed by atoms with Crippen LogP contribution in [0.2, 0.25) is 0 Å². The van der Waals surface area contributed by atoms with E-state index in [1.54, 1.807) is 6.92 Å². The molecule has 2 aromatic rings. The number of hydrogen-bond acceptors (Lipinski definition) is 5. The van der Waals surface area contributed by atoms with Crippen molar-refractivity contribution in [3.8, 4) is 11.5 Å². The average molecular weight is 386 g/mol. The standard InChI is InChI=1S/C23H31NO4/c1-5-26-22(25)21(16-17-6-10-19(11-7-17)27-15-14-24)28-20-12-8-18(9-13-20)23(2,3)4/h6-13,21H,5,14-16,24H2,1-4H3/t21-/m1/s1. The lowest BCUT2D eigenvalue weighted by Crippen LogP contribution is -2.31. The van der Waals surface area contributed by atoms with Crippen LogP contribution in [0.5, 0.6) is 11.5 Å². The minimum Gasteiger partial charge on any atom is -0.492 e. The van der Waals surface area contributed by atoms with E-state index in [2.05, 4.69) is 20.8 Å². The molecule has 0 bridgehead atoms. The third kappa shape index (κ3) is 6.57. The molecule has 2 rings (SSSR count). The Bertz CT molecular complexity index is 733. The van der Waals surface area contributed by atoms with Gasteiger partial charge in [0.05, 0.1) is 6.61 Å². The second-order valence-electron chi connectivity index (χ2n) is 7.62. The molecule has 0 heterocycles. The largest absolute Gasteiger partial charge is 0.492 e. The van der Waals surface area contributed by atoms with Gasteiger partial charge in [-0.3, -0.25) is 0 Å². The molecule has 0 saturated heterocycles. The molecule has 1 atom stereocenters. The first kappa shape index (κ1) is 21.8. The molecule has 0 radical (unpaired) electrons. The first-order valence-corrected chi connectivity index (χ1v) is 9.69. The lowest BCUT2D eigenvalue weighted by molar-refractivity contribution is -0.151. The van der Waals surface area contributed by atoms with E-state index in [0.29, 0.717) is 31.9 Å². The van der Waals surface area contributed by atoms with Crippen molar-refractivity contribution in [2.45, 2.75) is 45.6 Å². The van der Waals surface area contributed by atoms with Gasteiger partial charge in [-0.15, -0.1) is 0 Å². The minimum absolute atomic E-state index is 0.0623. The van der Waals surface area contributed by atoms with Gasteiger partial charge in [-0.2, -0.15) is 0 Å². The Morgan fingerprint density at radius 2 is 1.61 bits per heavy atom. The van der Waals surface area contributed by atoms with Crippen LogP contribution in [0.15, 0.2) is 48.5 Å². The zero-order chi connectivity index (χ0) is 20.6. The molecular formula is C23H31NO4. The maximum Gasteiger partial charge on any atom is 0.347 e. The van der Waals surface area contributed by atoms with E-state index in [0.717, 1.165) is 11.3 Å². The van der Waals surface area contributed by atoms with Crippen molar-refractivity contribution < 1.29 is 19.0 Å². The quantitative estimate of drug-likeness (QED) is 0.664. The molecule has 152 valence electrons. The number of carbonyl (C=O) groups excluding carboxylic acids is 1. The number of rotatable bonds is 9. The summed E-state index contributed by atoms with van der Waals surface area (Å²) in [4.78, 5) is 12.4.